The number of hydrogen-bond donors (Lipinski definition) is 0. The molecule has 0 spiro atoms. The van der Waals surface area contributed by atoms with E-state index in [1.165, 1.54) is 6.07 Å². The summed E-state index contributed by atoms with van der Waals surface area (Å²) in [6.07, 6.45) is 0. The van der Waals surface area contributed by atoms with E-state index in [0.29, 0.717) is 17.0 Å². The van der Waals surface area contributed by atoms with Gasteiger partial charge < -0.3 is 0 Å². The summed E-state index contributed by atoms with van der Waals surface area (Å²) in [5, 5.41) is 26.1. The van der Waals surface area contributed by atoms with Crippen LogP contribution in [0.25, 0.3) is 11.4 Å². The van der Waals surface area contributed by atoms with Crippen molar-refractivity contribution in [2.45, 2.75) is 13.8 Å². The van der Waals surface area contributed by atoms with Gasteiger partial charge in [-0.05, 0) is 13.8 Å². The Morgan fingerprint density at radius 3 is 2.35 bits per heavy atom. The maximum Gasteiger partial charge on any atom is 0.273 e. The molecule has 0 aliphatic heterocycles. The molecule has 0 bridgehead atoms. The Bertz CT molecular complexity index is 567. The van der Waals surface area contributed by atoms with E-state index in [1.807, 2.05) is 0 Å². The van der Waals surface area contributed by atoms with Crippen molar-refractivity contribution in [3.63, 3.8) is 0 Å². The van der Waals surface area contributed by atoms with Crippen LogP contribution in [0.1, 0.15) is 11.4 Å². The van der Waals surface area contributed by atoms with Gasteiger partial charge in [0, 0.05) is 17.2 Å². The minimum Gasteiger partial charge on any atom is -0.258 e. The molecular formula is C10H9N5O2. The van der Waals surface area contributed by atoms with E-state index in [-0.39, 0.29) is 11.5 Å². The first-order valence-electron chi connectivity index (χ1n) is 4.88. The summed E-state index contributed by atoms with van der Waals surface area (Å²) in [6, 6.07) is 4.73. The predicted molar refractivity (Wildman–Crippen MR) is 59.2 cm³/mol. The second-order valence-electron chi connectivity index (χ2n) is 3.48. The molecule has 0 unspecified atom stereocenters. The van der Waals surface area contributed by atoms with Crippen molar-refractivity contribution >= 4 is 5.69 Å². The Balaban J connectivity index is 2.56. The molecule has 0 amide bonds. The third kappa shape index (κ3) is 2.07. The molecule has 1 heterocycles. The fourth-order valence-corrected chi connectivity index (χ4v) is 1.45. The summed E-state index contributed by atoms with van der Waals surface area (Å²) in [5.41, 5.74) is 1.11. The molecule has 1 aromatic heterocycles. The van der Waals surface area contributed by atoms with Gasteiger partial charge in [-0.25, -0.2) is 0 Å². The van der Waals surface area contributed by atoms with Crippen LogP contribution in [0.5, 0.6) is 0 Å². The zero-order valence-corrected chi connectivity index (χ0v) is 9.28. The lowest BCUT2D eigenvalue weighted by Crippen LogP contribution is -2.01. The van der Waals surface area contributed by atoms with Crippen LogP contribution in [0.3, 0.4) is 0 Å². The predicted octanol–water partition coefficient (Wildman–Crippen LogP) is 1.46. The fourth-order valence-electron chi connectivity index (χ4n) is 1.45. The first-order valence-corrected chi connectivity index (χ1v) is 4.88. The zero-order valence-electron chi connectivity index (χ0n) is 9.28. The second-order valence-corrected chi connectivity index (χ2v) is 3.48. The SMILES string of the molecule is Cc1nnc(-c2cccc([N+](=O)[O-])c2C)nn1. The third-order valence-electron chi connectivity index (χ3n) is 2.32. The Morgan fingerprint density at radius 2 is 1.76 bits per heavy atom. The van der Waals surface area contributed by atoms with Gasteiger partial charge in [-0.3, -0.25) is 10.1 Å². The van der Waals surface area contributed by atoms with Crippen molar-refractivity contribution in [2.75, 3.05) is 0 Å². The molecule has 0 radical (unpaired) electrons. The Kier molecular flexibility index (Phi) is 2.73. The highest BCUT2D eigenvalue weighted by Gasteiger charge is 2.16. The van der Waals surface area contributed by atoms with Crippen LogP contribution in [0, 0.1) is 24.0 Å². The van der Waals surface area contributed by atoms with Gasteiger partial charge in [0.05, 0.1) is 4.92 Å². The van der Waals surface area contributed by atoms with E-state index in [4.69, 9.17) is 0 Å². The quantitative estimate of drug-likeness (QED) is 0.573. The van der Waals surface area contributed by atoms with E-state index in [9.17, 15) is 10.1 Å². The van der Waals surface area contributed by atoms with Gasteiger partial charge in [0.15, 0.2) is 5.82 Å². The van der Waals surface area contributed by atoms with Crippen molar-refractivity contribution in [1.82, 2.24) is 20.4 Å². The van der Waals surface area contributed by atoms with E-state index in [2.05, 4.69) is 20.4 Å². The minimum absolute atomic E-state index is 0.0340. The van der Waals surface area contributed by atoms with Crippen LogP contribution in [-0.4, -0.2) is 25.3 Å². The fraction of sp³-hybridized carbons (Fsp3) is 0.200. The van der Waals surface area contributed by atoms with Crippen molar-refractivity contribution in [3.8, 4) is 11.4 Å². The number of rotatable bonds is 2. The Morgan fingerprint density at radius 1 is 1.12 bits per heavy atom. The van der Waals surface area contributed by atoms with Crippen molar-refractivity contribution < 1.29 is 4.92 Å². The number of nitro benzene ring substituents is 1. The molecule has 2 rings (SSSR count). The summed E-state index contributed by atoms with van der Waals surface area (Å²) >= 11 is 0. The molecule has 17 heavy (non-hydrogen) atoms. The summed E-state index contributed by atoms with van der Waals surface area (Å²) in [7, 11) is 0. The minimum atomic E-state index is -0.437. The number of aromatic nitrogens is 4. The molecule has 2 aromatic rings. The van der Waals surface area contributed by atoms with E-state index in [0.717, 1.165) is 0 Å². The molecule has 0 saturated carbocycles. The molecule has 86 valence electrons. The smallest absolute Gasteiger partial charge is 0.258 e. The van der Waals surface area contributed by atoms with Crippen LogP contribution < -0.4 is 0 Å². The van der Waals surface area contributed by atoms with Crippen molar-refractivity contribution in [3.05, 3.63) is 39.7 Å². The van der Waals surface area contributed by atoms with Crippen molar-refractivity contribution in [1.29, 1.82) is 0 Å². The van der Waals surface area contributed by atoms with Gasteiger partial charge in [0.1, 0.15) is 0 Å². The number of benzene rings is 1. The van der Waals surface area contributed by atoms with Crippen LogP contribution in [0.15, 0.2) is 18.2 Å². The lowest BCUT2D eigenvalue weighted by Gasteiger charge is -2.03. The molecule has 7 heteroatoms. The number of nitro groups is 1. The van der Waals surface area contributed by atoms with Crippen LogP contribution >= 0.6 is 0 Å². The number of hydrogen-bond acceptors (Lipinski definition) is 6. The highest BCUT2D eigenvalue weighted by atomic mass is 16.6. The maximum absolute atomic E-state index is 10.8. The monoisotopic (exact) mass is 231 g/mol. The third-order valence-corrected chi connectivity index (χ3v) is 2.32. The van der Waals surface area contributed by atoms with Gasteiger partial charge in [-0.1, -0.05) is 12.1 Å². The largest absolute Gasteiger partial charge is 0.273 e. The number of aryl methyl sites for hydroxylation is 1. The van der Waals surface area contributed by atoms with Crippen LogP contribution in [0.4, 0.5) is 5.69 Å². The normalized spacial score (nSPS) is 10.2. The molecule has 7 nitrogen and oxygen atoms in total. The Hall–Kier alpha value is -2.44. The van der Waals surface area contributed by atoms with Crippen LogP contribution in [-0.2, 0) is 0 Å². The van der Waals surface area contributed by atoms with E-state index >= 15 is 0 Å². The molecular weight excluding hydrogens is 222 g/mol. The van der Waals surface area contributed by atoms with E-state index in [1.54, 1.807) is 26.0 Å². The van der Waals surface area contributed by atoms with Gasteiger partial charge in [-0.15, -0.1) is 20.4 Å². The molecule has 1 aromatic carbocycles. The molecule has 0 atom stereocenters. The van der Waals surface area contributed by atoms with Gasteiger partial charge >= 0.3 is 0 Å². The summed E-state index contributed by atoms with van der Waals surface area (Å²) in [6.45, 7) is 3.32. The zero-order chi connectivity index (χ0) is 12.4. The summed E-state index contributed by atoms with van der Waals surface area (Å²) in [4.78, 5) is 10.4. The van der Waals surface area contributed by atoms with Gasteiger partial charge in [0.2, 0.25) is 5.82 Å². The van der Waals surface area contributed by atoms with E-state index < -0.39 is 4.92 Å². The molecule has 0 N–H and O–H groups in total. The van der Waals surface area contributed by atoms with Crippen LogP contribution in [0.2, 0.25) is 0 Å². The maximum atomic E-state index is 10.8. The topological polar surface area (TPSA) is 94.7 Å². The molecule has 0 fully saturated rings. The highest BCUT2D eigenvalue weighted by molar-refractivity contribution is 5.64. The average molecular weight is 231 g/mol. The van der Waals surface area contributed by atoms with Crippen molar-refractivity contribution in [2.24, 2.45) is 0 Å². The molecule has 0 aliphatic carbocycles. The first-order chi connectivity index (χ1) is 8.09. The Labute approximate surface area is 96.7 Å². The first kappa shape index (κ1) is 11.1. The second kappa shape index (κ2) is 4.20. The molecule has 0 aliphatic rings. The molecule has 0 saturated heterocycles. The lowest BCUT2D eigenvalue weighted by molar-refractivity contribution is -0.385. The average Bonchev–Trinajstić information content (AvgIpc) is 2.30. The number of nitrogens with zero attached hydrogens (tertiary/aromatic N) is 5. The summed E-state index contributed by atoms with van der Waals surface area (Å²) < 4.78 is 0. The van der Waals surface area contributed by atoms with Gasteiger partial charge in [0.25, 0.3) is 5.69 Å². The standard InChI is InChI=1S/C10H9N5O2/c1-6-8(4-3-5-9(6)15(16)17)10-13-11-7(2)12-14-10/h3-5H,1-2H3. The summed E-state index contributed by atoms with van der Waals surface area (Å²) in [5.74, 6) is 0.744. The van der Waals surface area contributed by atoms with Gasteiger partial charge in [-0.2, -0.15) is 0 Å². The highest BCUT2D eigenvalue weighted by Crippen LogP contribution is 2.26. The lowest BCUT2D eigenvalue weighted by atomic mass is 10.1.